The Morgan fingerprint density at radius 2 is 1.87 bits per heavy atom. The highest BCUT2D eigenvalue weighted by Gasteiger charge is 2.03. The van der Waals surface area contributed by atoms with Crippen LogP contribution < -0.4 is 0 Å². The fourth-order valence-electron chi connectivity index (χ4n) is 1.52. The van der Waals surface area contributed by atoms with Crippen molar-refractivity contribution in [2.75, 3.05) is 0 Å². The molecule has 0 spiro atoms. The van der Waals surface area contributed by atoms with E-state index in [9.17, 15) is 4.79 Å². The predicted molar refractivity (Wildman–Crippen MR) is 64.1 cm³/mol. The Labute approximate surface area is 91.8 Å². The smallest absolute Gasteiger partial charge is 0.162 e. The normalized spacial score (nSPS) is 9.87. The zero-order valence-corrected chi connectivity index (χ0v) is 9.11. The Hall–Kier alpha value is -1.37. The fraction of sp³-hybridized carbons (Fsp3) is 0.357. The molecule has 1 aromatic carbocycles. The minimum absolute atomic E-state index is 0.259. The first-order valence-electron chi connectivity index (χ1n) is 5.53. The predicted octanol–water partition coefficient (Wildman–Crippen LogP) is 4.01. The number of carbonyl (C=O) groups excluding carboxylic acids is 1. The number of rotatable bonds is 7. The van der Waals surface area contributed by atoms with E-state index >= 15 is 0 Å². The van der Waals surface area contributed by atoms with Crippen LogP contribution in [-0.4, -0.2) is 5.78 Å². The number of allylic oxidation sites excluding steroid dienone is 1. The van der Waals surface area contributed by atoms with Gasteiger partial charge in [-0.05, 0) is 19.3 Å². The van der Waals surface area contributed by atoms with Crippen molar-refractivity contribution in [3.8, 4) is 0 Å². The van der Waals surface area contributed by atoms with Gasteiger partial charge in [0.05, 0.1) is 0 Å². The van der Waals surface area contributed by atoms with Gasteiger partial charge in [0.2, 0.25) is 0 Å². The summed E-state index contributed by atoms with van der Waals surface area (Å²) in [5.74, 6) is 0.259. The molecule has 1 aromatic rings. The van der Waals surface area contributed by atoms with E-state index in [2.05, 4.69) is 6.58 Å². The van der Waals surface area contributed by atoms with Crippen molar-refractivity contribution in [3.05, 3.63) is 48.6 Å². The summed E-state index contributed by atoms with van der Waals surface area (Å²) >= 11 is 0. The quantitative estimate of drug-likeness (QED) is 0.371. The van der Waals surface area contributed by atoms with Gasteiger partial charge in [-0.1, -0.05) is 42.8 Å². The third kappa shape index (κ3) is 4.59. The molecule has 1 heteroatoms. The molecular weight excluding hydrogens is 184 g/mol. The van der Waals surface area contributed by atoms with Crippen molar-refractivity contribution in [1.29, 1.82) is 0 Å². The molecule has 0 bridgehead atoms. The van der Waals surface area contributed by atoms with E-state index in [1.807, 2.05) is 36.4 Å². The second-order valence-electron chi connectivity index (χ2n) is 3.68. The third-order valence-corrected chi connectivity index (χ3v) is 2.41. The Bertz CT molecular complexity index is 300. The molecule has 0 aliphatic carbocycles. The molecule has 0 unspecified atom stereocenters. The van der Waals surface area contributed by atoms with Gasteiger partial charge in [-0.3, -0.25) is 4.79 Å². The molecule has 0 aliphatic heterocycles. The number of ketones is 1. The monoisotopic (exact) mass is 202 g/mol. The zero-order valence-electron chi connectivity index (χ0n) is 9.11. The van der Waals surface area contributed by atoms with Crippen LogP contribution in [0.5, 0.6) is 0 Å². The van der Waals surface area contributed by atoms with Gasteiger partial charge in [0, 0.05) is 12.0 Å². The van der Waals surface area contributed by atoms with E-state index in [1.54, 1.807) is 0 Å². The van der Waals surface area contributed by atoms with Crippen molar-refractivity contribution >= 4 is 5.78 Å². The van der Waals surface area contributed by atoms with Gasteiger partial charge in [0.15, 0.2) is 5.78 Å². The largest absolute Gasteiger partial charge is 0.294 e. The fourth-order valence-corrected chi connectivity index (χ4v) is 1.52. The summed E-state index contributed by atoms with van der Waals surface area (Å²) in [6.07, 6.45) is 6.90. The number of hydrogen-bond donors (Lipinski definition) is 0. The molecule has 0 radical (unpaired) electrons. The average molecular weight is 202 g/mol. The van der Waals surface area contributed by atoms with E-state index in [0.717, 1.165) is 31.2 Å². The number of carbonyl (C=O) groups is 1. The highest BCUT2D eigenvalue weighted by Crippen LogP contribution is 2.08. The van der Waals surface area contributed by atoms with Gasteiger partial charge in [-0.25, -0.2) is 0 Å². The van der Waals surface area contributed by atoms with Gasteiger partial charge in [0.1, 0.15) is 0 Å². The number of unbranched alkanes of at least 4 members (excludes halogenated alkanes) is 3. The molecule has 0 fully saturated rings. The van der Waals surface area contributed by atoms with Gasteiger partial charge < -0.3 is 0 Å². The van der Waals surface area contributed by atoms with Crippen LogP contribution in [0.1, 0.15) is 42.5 Å². The second-order valence-corrected chi connectivity index (χ2v) is 3.68. The molecule has 0 aromatic heterocycles. The molecule has 1 rings (SSSR count). The molecule has 0 heterocycles. The Kier molecular flexibility index (Phi) is 5.46. The summed E-state index contributed by atoms with van der Waals surface area (Å²) in [5.41, 5.74) is 0.834. The summed E-state index contributed by atoms with van der Waals surface area (Å²) in [5, 5.41) is 0. The number of Topliss-reactive ketones (excluding diaryl/α,β-unsaturated/α-hetero) is 1. The Morgan fingerprint density at radius 1 is 1.13 bits per heavy atom. The van der Waals surface area contributed by atoms with Crippen LogP contribution in [0.4, 0.5) is 0 Å². The third-order valence-electron chi connectivity index (χ3n) is 2.41. The van der Waals surface area contributed by atoms with Crippen molar-refractivity contribution < 1.29 is 4.79 Å². The summed E-state index contributed by atoms with van der Waals surface area (Å²) in [4.78, 5) is 11.7. The lowest BCUT2D eigenvalue weighted by molar-refractivity contribution is 0.0979. The van der Waals surface area contributed by atoms with E-state index in [-0.39, 0.29) is 5.78 Å². The van der Waals surface area contributed by atoms with Crippen molar-refractivity contribution in [1.82, 2.24) is 0 Å². The lowest BCUT2D eigenvalue weighted by atomic mass is 10.0. The molecule has 0 atom stereocenters. The minimum Gasteiger partial charge on any atom is -0.294 e. The first kappa shape index (κ1) is 11.7. The van der Waals surface area contributed by atoms with Crippen LogP contribution >= 0.6 is 0 Å². The maximum atomic E-state index is 11.7. The lowest BCUT2D eigenvalue weighted by Crippen LogP contribution is -1.98. The van der Waals surface area contributed by atoms with Crippen LogP contribution in [0.2, 0.25) is 0 Å². The van der Waals surface area contributed by atoms with Gasteiger partial charge in [-0.15, -0.1) is 6.58 Å². The van der Waals surface area contributed by atoms with E-state index in [1.165, 1.54) is 0 Å². The topological polar surface area (TPSA) is 17.1 Å². The molecule has 80 valence electrons. The van der Waals surface area contributed by atoms with Crippen molar-refractivity contribution in [3.63, 3.8) is 0 Å². The SMILES string of the molecule is C=CCCCCCC(=O)c1ccccc1. The molecule has 0 saturated carbocycles. The van der Waals surface area contributed by atoms with Gasteiger partial charge >= 0.3 is 0 Å². The standard InChI is InChI=1S/C14H18O/c1-2-3-4-5-9-12-14(15)13-10-7-6-8-11-13/h2,6-8,10-11H,1,3-5,9,12H2. The Balaban J connectivity index is 2.22. The first-order chi connectivity index (χ1) is 7.34. The van der Waals surface area contributed by atoms with Crippen LogP contribution in [0, 0.1) is 0 Å². The van der Waals surface area contributed by atoms with E-state index < -0.39 is 0 Å². The summed E-state index contributed by atoms with van der Waals surface area (Å²) in [6, 6.07) is 9.51. The average Bonchev–Trinajstić information content (AvgIpc) is 2.30. The van der Waals surface area contributed by atoms with Gasteiger partial charge in [0.25, 0.3) is 0 Å². The van der Waals surface area contributed by atoms with E-state index in [4.69, 9.17) is 0 Å². The molecule has 0 N–H and O–H groups in total. The van der Waals surface area contributed by atoms with E-state index in [0.29, 0.717) is 6.42 Å². The second kappa shape index (κ2) is 6.99. The maximum absolute atomic E-state index is 11.7. The van der Waals surface area contributed by atoms with Crippen LogP contribution in [0.3, 0.4) is 0 Å². The lowest BCUT2D eigenvalue weighted by Gasteiger charge is -2.00. The van der Waals surface area contributed by atoms with Gasteiger partial charge in [-0.2, -0.15) is 0 Å². The van der Waals surface area contributed by atoms with Crippen molar-refractivity contribution in [2.24, 2.45) is 0 Å². The molecule has 0 saturated heterocycles. The highest BCUT2D eigenvalue weighted by molar-refractivity contribution is 5.95. The summed E-state index contributed by atoms with van der Waals surface area (Å²) in [6.45, 7) is 3.67. The maximum Gasteiger partial charge on any atom is 0.162 e. The van der Waals surface area contributed by atoms with Crippen LogP contribution in [-0.2, 0) is 0 Å². The minimum atomic E-state index is 0.259. The molecular formula is C14H18O. The summed E-state index contributed by atoms with van der Waals surface area (Å²) < 4.78 is 0. The van der Waals surface area contributed by atoms with Crippen LogP contribution in [0.15, 0.2) is 43.0 Å². The zero-order chi connectivity index (χ0) is 10.9. The highest BCUT2D eigenvalue weighted by atomic mass is 16.1. The number of hydrogen-bond acceptors (Lipinski definition) is 1. The number of benzene rings is 1. The molecule has 1 nitrogen and oxygen atoms in total. The first-order valence-corrected chi connectivity index (χ1v) is 5.53. The molecule has 0 amide bonds. The summed E-state index contributed by atoms with van der Waals surface area (Å²) in [7, 11) is 0. The Morgan fingerprint density at radius 3 is 2.53 bits per heavy atom. The van der Waals surface area contributed by atoms with Crippen LogP contribution in [0.25, 0.3) is 0 Å². The molecule has 0 aliphatic rings. The molecule has 15 heavy (non-hydrogen) atoms. The van der Waals surface area contributed by atoms with Crippen molar-refractivity contribution in [2.45, 2.75) is 32.1 Å².